The highest BCUT2D eigenvalue weighted by molar-refractivity contribution is 7.93. The van der Waals surface area contributed by atoms with E-state index >= 15 is 0 Å². The number of nitrogens with zero attached hydrogens (tertiary/aromatic N) is 1. The van der Waals surface area contributed by atoms with Crippen molar-refractivity contribution < 1.29 is 32.6 Å². The van der Waals surface area contributed by atoms with Gasteiger partial charge in [0, 0.05) is 17.7 Å². The van der Waals surface area contributed by atoms with Crippen molar-refractivity contribution in [2.45, 2.75) is 29.9 Å². The molecule has 0 saturated heterocycles. The number of carbonyl (C=O) groups is 3. The van der Waals surface area contributed by atoms with E-state index in [1.807, 2.05) is 0 Å². The fourth-order valence-corrected chi connectivity index (χ4v) is 5.38. The van der Waals surface area contributed by atoms with E-state index in [4.69, 9.17) is 9.84 Å². The number of hydrogen-bond acceptors (Lipinski definition) is 8. The summed E-state index contributed by atoms with van der Waals surface area (Å²) in [6, 6.07) is 3.89. The van der Waals surface area contributed by atoms with Gasteiger partial charge < -0.3 is 15.2 Å². The SMILES string of the molecule is COc1ccc(NC(=O)Nc2nc(C(=O)O)c(S(C)(=O)=O)s2)c(C(=O)C2CCCC2)c1. The lowest BCUT2D eigenvalue weighted by atomic mass is 9.95. The van der Waals surface area contributed by atoms with Gasteiger partial charge in [-0.3, -0.25) is 10.1 Å². The average molecular weight is 468 g/mol. The van der Waals surface area contributed by atoms with Gasteiger partial charge in [-0.1, -0.05) is 24.2 Å². The van der Waals surface area contributed by atoms with E-state index in [-0.39, 0.29) is 22.5 Å². The zero-order valence-electron chi connectivity index (χ0n) is 16.8. The Morgan fingerprint density at radius 3 is 2.42 bits per heavy atom. The number of aromatic nitrogens is 1. The van der Waals surface area contributed by atoms with Crippen LogP contribution in [0.5, 0.6) is 5.75 Å². The summed E-state index contributed by atoms with van der Waals surface area (Å²) < 4.78 is 28.3. The Bertz CT molecular complexity index is 1140. The number of aromatic carboxylic acids is 1. The smallest absolute Gasteiger partial charge is 0.356 e. The third-order valence-electron chi connectivity index (χ3n) is 4.82. The number of Topliss-reactive ketones (excluding diaryl/α,β-unsaturated/α-hetero) is 1. The predicted molar refractivity (Wildman–Crippen MR) is 114 cm³/mol. The van der Waals surface area contributed by atoms with Crippen LogP contribution in [0.1, 0.15) is 46.5 Å². The number of rotatable bonds is 7. The molecule has 1 aromatic carbocycles. The third kappa shape index (κ3) is 5.20. The molecule has 0 atom stereocenters. The molecule has 1 saturated carbocycles. The standard InChI is InChI=1S/C19H21N3O7S2/c1-29-11-7-8-13(12(9-11)15(23)10-5-3-4-6-10)20-18(26)22-19-21-14(16(24)25)17(30-19)31(2,27)28/h7-10H,3-6H2,1-2H3,(H,24,25)(H2,20,21,22,26). The number of carboxylic acid groups (broad SMARTS) is 1. The molecule has 1 aromatic heterocycles. The van der Waals surface area contributed by atoms with Gasteiger partial charge in [-0.05, 0) is 31.0 Å². The fraction of sp³-hybridized carbons (Fsp3) is 0.368. The number of carboxylic acids is 1. The minimum atomic E-state index is -3.84. The number of methoxy groups -OCH3 is 1. The first-order valence-corrected chi connectivity index (χ1v) is 12.1. The zero-order valence-corrected chi connectivity index (χ0v) is 18.4. The molecule has 12 heteroatoms. The van der Waals surface area contributed by atoms with Crippen LogP contribution in [-0.4, -0.2) is 49.7 Å². The van der Waals surface area contributed by atoms with E-state index in [0.29, 0.717) is 22.6 Å². The molecule has 0 unspecified atom stereocenters. The summed E-state index contributed by atoms with van der Waals surface area (Å²) in [5.74, 6) is -1.26. The van der Waals surface area contributed by atoms with Crippen LogP contribution in [0.4, 0.5) is 15.6 Å². The topological polar surface area (TPSA) is 152 Å². The van der Waals surface area contributed by atoms with E-state index in [1.165, 1.54) is 13.2 Å². The Morgan fingerprint density at radius 1 is 1.19 bits per heavy atom. The molecule has 3 N–H and O–H groups in total. The van der Waals surface area contributed by atoms with Gasteiger partial charge in [0.2, 0.25) is 0 Å². The van der Waals surface area contributed by atoms with Crippen molar-refractivity contribution in [2.24, 2.45) is 5.92 Å². The van der Waals surface area contributed by atoms with E-state index in [0.717, 1.165) is 31.9 Å². The molecule has 1 aliphatic carbocycles. The van der Waals surface area contributed by atoms with Gasteiger partial charge in [0.15, 0.2) is 30.7 Å². The number of carbonyl (C=O) groups excluding carboxylic acids is 2. The van der Waals surface area contributed by atoms with Gasteiger partial charge in [0.05, 0.1) is 12.8 Å². The molecule has 1 heterocycles. The number of anilines is 2. The van der Waals surface area contributed by atoms with Gasteiger partial charge in [-0.15, -0.1) is 0 Å². The molecule has 0 bridgehead atoms. The van der Waals surface area contributed by atoms with E-state index in [9.17, 15) is 22.8 Å². The average Bonchev–Trinajstić information content (AvgIpc) is 3.37. The second kappa shape index (κ2) is 9.02. The Hall–Kier alpha value is -2.99. The van der Waals surface area contributed by atoms with Crippen molar-refractivity contribution in [2.75, 3.05) is 24.0 Å². The lowest BCUT2D eigenvalue weighted by Gasteiger charge is -2.15. The number of sulfone groups is 1. The van der Waals surface area contributed by atoms with Crippen LogP contribution >= 0.6 is 11.3 Å². The number of hydrogen-bond donors (Lipinski definition) is 3. The molecule has 10 nitrogen and oxygen atoms in total. The number of ketones is 1. The maximum Gasteiger partial charge on any atom is 0.356 e. The maximum absolute atomic E-state index is 12.9. The number of benzene rings is 1. The maximum atomic E-state index is 12.9. The first-order chi connectivity index (χ1) is 14.6. The molecule has 0 radical (unpaired) electrons. The molecular formula is C19H21N3O7S2. The van der Waals surface area contributed by atoms with Crippen molar-refractivity contribution in [3.63, 3.8) is 0 Å². The minimum absolute atomic E-state index is 0.0894. The molecule has 0 spiro atoms. The highest BCUT2D eigenvalue weighted by Crippen LogP contribution is 2.32. The fourth-order valence-electron chi connectivity index (χ4n) is 3.37. The summed E-state index contributed by atoms with van der Waals surface area (Å²) in [5.41, 5.74) is -0.0958. The molecule has 31 heavy (non-hydrogen) atoms. The second-order valence-electron chi connectivity index (χ2n) is 7.07. The summed E-state index contributed by atoms with van der Waals surface area (Å²) in [4.78, 5) is 40.4. The summed E-state index contributed by atoms with van der Waals surface area (Å²) in [7, 11) is -2.37. The quantitative estimate of drug-likeness (QED) is 0.525. The Labute approximate surface area is 182 Å². The van der Waals surface area contributed by atoms with Crippen molar-refractivity contribution in [1.29, 1.82) is 0 Å². The Morgan fingerprint density at radius 2 is 1.87 bits per heavy atom. The van der Waals surface area contributed by atoms with Gasteiger partial charge >= 0.3 is 12.0 Å². The van der Waals surface area contributed by atoms with Gasteiger partial charge in [0.1, 0.15) is 5.75 Å². The normalized spacial score (nSPS) is 14.3. The monoisotopic (exact) mass is 467 g/mol. The number of thiazole rings is 1. The highest BCUT2D eigenvalue weighted by Gasteiger charge is 2.28. The van der Waals surface area contributed by atoms with Crippen molar-refractivity contribution in [3.8, 4) is 5.75 Å². The zero-order chi connectivity index (χ0) is 22.8. The minimum Gasteiger partial charge on any atom is -0.497 e. The number of nitrogens with one attached hydrogen (secondary N) is 2. The van der Waals surface area contributed by atoms with E-state index in [1.54, 1.807) is 12.1 Å². The number of amides is 2. The molecule has 1 fully saturated rings. The van der Waals surface area contributed by atoms with Crippen LogP contribution in [0, 0.1) is 5.92 Å². The van der Waals surface area contributed by atoms with Crippen LogP contribution in [-0.2, 0) is 9.84 Å². The molecular weight excluding hydrogens is 446 g/mol. The summed E-state index contributed by atoms with van der Waals surface area (Å²) in [6.07, 6.45) is 4.37. The number of urea groups is 1. The predicted octanol–water partition coefficient (Wildman–Crippen LogP) is 3.27. The van der Waals surface area contributed by atoms with Gasteiger partial charge in [0.25, 0.3) is 0 Å². The van der Waals surface area contributed by atoms with Crippen LogP contribution in [0.25, 0.3) is 0 Å². The van der Waals surface area contributed by atoms with Crippen molar-refractivity contribution >= 4 is 49.8 Å². The molecule has 3 rings (SSSR count). The second-order valence-corrected chi connectivity index (χ2v) is 10.3. The summed E-state index contributed by atoms with van der Waals surface area (Å²) in [5, 5.41) is 13.8. The van der Waals surface area contributed by atoms with Crippen LogP contribution < -0.4 is 15.4 Å². The van der Waals surface area contributed by atoms with Gasteiger partial charge in [-0.25, -0.2) is 23.0 Å². The molecule has 0 aliphatic heterocycles. The van der Waals surface area contributed by atoms with E-state index < -0.39 is 31.7 Å². The Kier molecular flexibility index (Phi) is 6.60. The lowest BCUT2D eigenvalue weighted by Crippen LogP contribution is -2.22. The first kappa shape index (κ1) is 22.7. The van der Waals surface area contributed by atoms with Crippen LogP contribution in [0.15, 0.2) is 22.4 Å². The van der Waals surface area contributed by atoms with Crippen molar-refractivity contribution in [1.82, 2.24) is 4.98 Å². The third-order valence-corrected chi connectivity index (χ3v) is 7.61. The molecule has 2 amide bonds. The highest BCUT2D eigenvalue weighted by atomic mass is 32.2. The van der Waals surface area contributed by atoms with Crippen molar-refractivity contribution in [3.05, 3.63) is 29.5 Å². The van der Waals surface area contributed by atoms with Gasteiger partial charge in [-0.2, -0.15) is 0 Å². The first-order valence-electron chi connectivity index (χ1n) is 9.34. The largest absolute Gasteiger partial charge is 0.497 e. The van der Waals surface area contributed by atoms with E-state index in [2.05, 4.69) is 15.6 Å². The lowest BCUT2D eigenvalue weighted by molar-refractivity contribution is 0.0687. The van der Waals surface area contributed by atoms with Crippen LogP contribution in [0.2, 0.25) is 0 Å². The summed E-state index contributed by atoms with van der Waals surface area (Å²) in [6.45, 7) is 0. The molecule has 1 aliphatic rings. The number of ether oxygens (including phenoxy) is 1. The molecule has 2 aromatic rings. The van der Waals surface area contributed by atoms with Crippen LogP contribution in [0.3, 0.4) is 0 Å². The molecule has 166 valence electrons. The Balaban J connectivity index is 1.84. The summed E-state index contributed by atoms with van der Waals surface area (Å²) >= 11 is 0.532.